The van der Waals surface area contributed by atoms with Crippen LogP contribution in [0.25, 0.3) is 11.0 Å². The second-order valence-corrected chi connectivity index (χ2v) is 6.98. The van der Waals surface area contributed by atoms with E-state index in [1.54, 1.807) is 6.07 Å². The normalized spacial score (nSPS) is 37.6. The molecule has 1 heterocycles. The minimum atomic E-state index is -0.431. The summed E-state index contributed by atoms with van der Waals surface area (Å²) in [6, 6.07) is 3.52. The van der Waals surface area contributed by atoms with Gasteiger partial charge in [0.05, 0.1) is 16.1 Å². The highest BCUT2D eigenvalue weighted by Crippen LogP contribution is 2.72. The first-order chi connectivity index (χ1) is 9.65. The van der Waals surface area contributed by atoms with Gasteiger partial charge in [0.25, 0.3) is 0 Å². The van der Waals surface area contributed by atoms with Gasteiger partial charge in [0.15, 0.2) is 0 Å². The number of halogens is 2. The molecule has 2 bridgehead atoms. The highest BCUT2D eigenvalue weighted by molar-refractivity contribution is 6.31. The smallest absolute Gasteiger partial charge is 0.201 e. The van der Waals surface area contributed by atoms with Gasteiger partial charge in [-0.3, -0.25) is 0 Å². The maximum Gasteiger partial charge on any atom is 0.201 e. The predicted octanol–water partition coefficient (Wildman–Crippen LogP) is 3.63. The molecule has 1 aromatic heterocycles. The van der Waals surface area contributed by atoms with Gasteiger partial charge >= 0.3 is 0 Å². The van der Waals surface area contributed by atoms with Crippen LogP contribution in [0.5, 0.6) is 0 Å². The number of nitrogens with two attached hydrogens (primary N) is 1. The Hall–Kier alpha value is -1.29. The zero-order valence-corrected chi connectivity index (χ0v) is 11.6. The van der Waals surface area contributed by atoms with E-state index in [1.165, 1.54) is 25.3 Å². The molecule has 3 saturated carbocycles. The van der Waals surface area contributed by atoms with Crippen LogP contribution in [0.15, 0.2) is 12.1 Å². The molecule has 1 aromatic carbocycles. The van der Waals surface area contributed by atoms with Crippen LogP contribution < -0.4 is 5.73 Å². The number of hydrogen-bond acceptors (Lipinski definition) is 2. The fraction of sp³-hybridized carbons (Fsp3) is 0.533. The minimum Gasteiger partial charge on any atom is -0.369 e. The predicted molar refractivity (Wildman–Crippen MR) is 76.0 cm³/mol. The molecule has 5 heteroatoms. The van der Waals surface area contributed by atoms with Gasteiger partial charge in [0.1, 0.15) is 5.82 Å². The summed E-state index contributed by atoms with van der Waals surface area (Å²) in [4.78, 5) is 4.32. The molecule has 0 aliphatic heterocycles. The SMILES string of the molecule is Nc1nc2cc(F)c(Cl)cc2n1C1C2C3CCC(C3)C21. The average Bonchev–Trinajstić information content (AvgIpc) is 2.73. The van der Waals surface area contributed by atoms with Gasteiger partial charge in [0, 0.05) is 12.1 Å². The van der Waals surface area contributed by atoms with Crippen molar-refractivity contribution >= 4 is 28.6 Å². The Morgan fingerprint density at radius 3 is 2.65 bits per heavy atom. The molecule has 3 aliphatic rings. The third-order valence-corrected chi connectivity index (χ3v) is 6.04. The molecule has 3 nitrogen and oxygen atoms in total. The second-order valence-electron chi connectivity index (χ2n) is 6.57. The lowest BCUT2D eigenvalue weighted by atomic mass is 10.0. The lowest BCUT2D eigenvalue weighted by Crippen LogP contribution is -2.08. The molecule has 0 radical (unpaired) electrons. The Balaban J connectivity index is 1.67. The molecule has 20 heavy (non-hydrogen) atoms. The molecule has 2 aromatic rings. The Labute approximate surface area is 120 Å². The topological polar surface area (TPSA) is 43.8 Å². The molecule has 3 aliphatic carbocycles. The van der Waals surface area contributed by atoms with E-state index in [1.807, 2.05) is 0 Å². The van der Waals surface area contributed by atoms with Crippen molar-refractivity contribution in [2.75, 3.05) is 5.73 Å². The van der Waals surface area contributed by atoms with Gasteiger partial charge in [-0.25, -0.2) is 9.37 Å². The van der Waals surface area contributed by atoms with Crippen LogP contribution >= 0.6 is 11.6 Å². The van der Waals surface area contributed by atoms with Crippen LogP contribution in [0.4, 0.5) is 10.3 Å². The fourth-order valence-electron chi connectivity index (χ4n) is 5.05. The van der Waals surface area contributed by atoms with Gasteiger partial charge < -0.3 is 10.3 Å². The first-order valence-corrected chi connectivity index (χ1v) is 7.65. The number of imidazole rings is 1. The molecule has 0 saturated heterocycles. The molecule has 3 fully saturated rings. The van der Waals surface area contributed by atoms with E-state index < -0.39 is 5.82 Å². The molecular weight excluding hydrogens is 277 g/mol. The zero-order chi connectivity index (χ0) is 13.6. The summed E-state index contributed by atoms with van der Waals surface area (Å²) in [7, 11) is 0. The first kappa shape index (κ1) is 11.4. The number of nitrogens with zero attached hydrogens (tertiary/aromatic N) is 2. The van der Waals surface area contributed by atoms with E-state index in [0.29, 0.717) is 17.5 Å². The largest absolute Gasteiger partial charge is 0.369 e. The quantitative estimate of drug-likeness (QED) is 0.872. The number of rotatable bonds is 1. The van der Waals surface area contributed by atoms with E-state index >= 15 is 0 Å². The molecule has 0 amide bonds. The van der Waals surface area contributed by atoms with Crippen molar-refractivity contribution in [3.8, 4) is 0 Å². The number of nitrogen functional groups attached to an aromatic ring is 1. The van der Waals surface area contributed by atoms with Crippen LogP contribution in [0.1, 0.15) is 25.3 Å². The van der Waals surface area contributed by atoms with Gasteiger partial charge in [0.2, 0.25) is 5.95 Å². The second kappa shape index (κ2) is 3.48. The summed E-state index contributed by atoms with van der Waals surface area (Å²) in [5.41, 5.74) is 7.59. The minimum absolute atomic E-state index is 0.146. The van der Waals surface area contributed by atoms with Gasteiger partial charge in [-0.05, 0) is 49.0 Å². The van der Waals surface area contributed by atoms with Crippen molar-refractivity contribution in [2.45, 2.75) is 25.3 Å². The monoisotopic (exact) mass is 291 g/mol. The van der Waals surface area contributed by atoms with E-state index in [-0.39, 0.29) is 5.02 Å². The van der Waals surface area contributed by atoms with Gasteiger partial charge in [-0.1, -0.05) is 11.6 Å². The Kier molecular flexibility index (Phi) is 1.98. The number of benzene rings is 1. The van der Waals surface area contributed by atoms with Crippen molar-refractivity contribution < 1.29 is 4.39 Å². The highest BCUT2D eigenvalue weighted by atomic mass is 35.5. The Bertz CT molecular complexity index is 724. The third kappa shape index (κ3) is 1.24. The maximum atomic E-state index is 13.5. The first-order valence-electron chi connectivity index (χ1n) is 7.27. The Morgan fingerprint density at radius 2 is 1.95 bits per heavy atom. The van der Waals surface area contributed by atoms with E-state index in [4.69, 9.17) is 17.3 Å². The molecule has 2 N–H and O–H groups in total. The van der Waals surface area contributed by atoms with E-state index in [0.717, 1.165) is 29.2 Å². The summed E-state index contributed by atoms with van der Waals surface area (Å²) in [5.74, 6) is 3.32. The number of aromatic nitrogens is 2. The molecule has 5 rings (SSSR count). The van der Waals surface area contributed by atoms with Crippen molar-refractivity contribution in [1.82, 2.24) is 9.55 Å². The van der Waals surface area contributed by atoms with Crippen LogP contribution in [-0.2, 0) is 0 Å². The highest BCUT2D eigenvalue weighted by Gasteiger charge is 2.66. The van der Waals surface area contributed by atoms with Crippen molar-refractivity contribution in [3.63, 3.8) is 0 Å². The summed E-state index contributed by atoms with van der Waals surface area (Å²) in [6.45, 7) is 0. The van der Waals surface area contributed by atoms with Gasteiger partial charge in [-0.2, -0.15) is 0 Å². The number of anilines is 1. The summed E-state index contributed by atoms with van der Waals surface area (Å²) < 4.78 is 15.7. The van der Waals surface area contributed by atoms with Crippen molar-refractivity contribution in [3.05, 3.63) is 23.0 Å². The molecule has 4 atom stereocenters. The van der Waals surface area contributed by atoms with Crippen molar-refractivity contribution in [1.29, 1.82) is 0 Å². The third-order valence-electron chi connectivity index (χ3n) is 5.75. The lowest BCUT2D eigenvalue weighted by molar-refractivity contribution is 0.456. The number of fused-ring (bicyclic) bond motifs is 6. The molecule has 104 valence electrons. The summed E-state index contributed by atoms with van der Waals surface area (Å²) >= 11 is 5.93. The maximum absolute atomic E-state index is 13.5. The van der Waals surface area contributed by atoms with Crippen LogP contribution in [-0.4, -0.2) is 9.55 Å². The van der Waals surface area contributed by atoms with Crippen LogP contribution in [0, 0.1) is 29.5 Å². The summed E-state index contributed by atoms with van der Waals surface area (Å²) in [6.07, 6.45) is 4.13. The molecular formula is C15H15ClFN3. The zero-order valence-electron chi connectivity index (χ0n) is 10.9. The average molecular weight is 292 g/mol. The van der Waals surface area contributed by atoms with Crippen LogP contribution in [0.2, 0.25) is 5.02 Å². The standard InChI is InChI=1S/C15H15ClFN3/c16-8-4-11-10(5-9(8)17)19-15(18)20(11)14-12-6-1-2-7(3-6)13(12)14/h4-7,12-14H,1-3H2,(H2,18,19). The van der Waals surface area contributed by atoms with E-state index in [2.05, 4.69) is 9.55 Å². The van der Waals surface area contributed by atoms with Crippen LogP contribution in [0.3, 0.4) is 0 Å². The lowest BCUT2D eigenvalue weighted by Gasteiger charge is -2.12. The Morgan fingerprint density at radius 1 is 1.25 bits per heavy atom. The van der Waals surface area contributed by atoms with Gasteiger partial charge in [-0.15, -0.1) is 0 Å². The van der Waals surface area contributed by atoms with Crippen molar-refractivity contribution in [2.24, 2.45) is 23.7 Å². The molecule has 4 unspecified atom stereocenters. The number of hydrogen-bond donors (Lipinski definition) is 1. The summed E-state index contributed by atoms with van der Waals surface area (Å²) in [5, 5.41) is 0.146. The molecule has 0 spiro atoms. The van der Waals surface area contributed by atoms with E-state index in [9.17, 15) is 4.39 Å². The fourth-order valence-corrected chi connectivity index (χ4v) is 5.20.